The van der Waals surface area contributed by atoms with Gasteiger partial charge in [-0.05, 0) is 55.4 Å². The number of halogens is 3. The van der Waals surface area contributed by atoms with Gasteiger partial charge in [0.15, 0.2) is 0 Å². The van der Waals surface area contributed by atoms with Crippen molar-refractivity contribution >= 4 is 80.7 Å². The van der Waals surface area contributed by atoms with Gasteiger partial charge in [0.05, 0.1) is 11.3 Å². The van der Waals surface area contributed by atoms with Gasteiger partial charge in [-0.2, -0.15) is 23.5 Å². The SMILES string of the molecule is FC(F)(F)c1ccc2c(c1)B1c3ccccc3Sc3cc(N4c5ccccc5[Si-](c5ccccc5)(c5ccccc5)c5ccccc54)cc(c31)O2. The van der Waals surface area contributed by atoms with Crippen LogP contribution in [0.2, 0.25) is 0 Å². The number of rotatable bonds is 3. The van der Waals surface area contributed by atoms with Crippen molar-refractivity contribution in [3.8, 4) is 11.5 Å². The predicted octanol–water partition coefficient (Wildman–Crippen LogP) is 6.95. The zero-order valence-electron chi connectivity index (χ0n) is 27.1. The van der Waals surface area contributed by atoms with E-state index in [4.69, 9.17) is 4.74 Å². The Bertz CT molecular complexity index is 2400. The highest BCUT2D eigenvalue weighted by Crippen LogP contribution is 2.45. The largest absolute Gasteiger partial charge is 0.458 e. The molecule has 3 aliphatic heterocycles. The predicted molar refractivity (Wildman–Crippen MR) is 205 cm³/mol. The molecule has 0 atom stereocenters. The lowest BCUT2D eigenvalue weighted by atomic mass is 9.35. The van der Waals surface area contributed by atoms with E-state index >= 15 is 0 Å². The maximum absolute atomic E-state index is 14.0. The van der Waals surface area contributed by atoms with Gasteiger partial charge in [0, 0.05) is 27.2 Å². The van der Waals surface area contributed by atoms with Crippen LogP contribution in [-0.4, -0.2) is 14.8 Å². The smallest absolute Gasteiger partial charge is 0.416 e. The van der Waals surface area contributed by atoms with E-state index < -0.39 is 19.8 Å². The number of nitrogens with zero attached hydrogens (tertiary/aromatic N) is 1. The molecular weight excluding hydrogens is 674 g/mol. The summed E-state index contributed by atoms with van der Waals surface area (Å²) in [5, 5.41) is 5.19. The fraction of sp³-hybridized carbons (Fsp3) is 0.0233. The summed E-state index contributed by atoms with van der Waals surface area (Å²) >= 11 is 1.65. The zero-order valence-corrected chi connectivity index (χ0v) is 28.9. The Balaban J connectivity index is 1.22. The molecule has 0 aliphatic carbocycles. The first kappa shape index (κ1) is 30.4. The molecule has 7 aromatic rings. The maximum Gasteiger partial charge on any atom is 0.416 e. The summed E-state index contributed by atoms with van der Waals surface area (Å²) in [6.07, 6.45) is -4.46. The molecule has 7 aromatic carbocycles. The molecular formula is C43H27BF3NOSSi-. The van der Waals surface area contributed by atoms with Crippen LogP contribution in [0, 0.1) is 0 Å². The molecule has 0 unspecified atom stereocenters. The first-order valence-corrected chi connectivity index (χ1v) is 19.7. The van der Waals surface area contributed by atoms with Crippen LogP contribution in [-0.2, 0) is 6.18 Å². The highest BCUT2D eigenvalue weighted by Gasteiger charge is 2.43. The van der Waals surface area contributed by atoms with Gasteiger partial charge in [-0.25, -0.2) is 0 Å². The standard InChI is InChI=1S/C43H27BF3NOSSi/c45-43(46,47)28-23-24-36-33(25-28)44-32-17-7-10-20-38(32)50-39-27-29(26-37(49-36)42(39)44)48-34-18-8-11-21-40(34)51(30-13-3-1-4-14-30,31-15-5-2-6-16-31)41-22-12-9-19-35(41)48/h1-27H/q-1. The average Bonchev–Trinajstić information content (AvgIpc) is 3.16. The van der Waals surface area contributed by atoms with Crippen LogP contribution in [0.25, 0.3) is 0 Å². The van der Waals surface area contributed by atoms with Gasteiger partial charge in [-0.15, -0.1) is 10.4 Å². The lowest BCUT2D eigenvalue weighted by Crippen LogP contribution is -2.77. The van der Waals surface area contributed by atoms with E-state index in [-0.39, 0.29) is 6.71 Å². The zero-order chi connectivity index (χ0) is 34.3. The van der Waals surface area contributed by atoms with Crippen LogP contribution < -0.4 is 46.8 Å². The molecule has 0 bridgehead atoms. The Labute approximate surface area is 299 Å². The average molecular weight is 702 g/mol. The molecule has 0 spiro atoms. The number of hydrogen-bond acceptors (Lipinski definition) is 3. The number of anilines is 3. The van der Waals surface area contributed by atoms with Crippen LogP contribution in [0.3, 0.4) is 0 Å². The van der Waals surface area contributed by atoms with Gasteiger partial charge in [-0.3, -0.25) is 0 Å². The Kier molecular flexibility index (Phi) is 6.73. The number of ether oxygens (including phenoxy) is 1. The van der Waals surface area contributed by atoms with Crippen LogP contribution >= 0.6 is 11.8 Å². The van der Waals surface area contributed by atoms with E-state index in [1.807, 2.05) is 18.2 Å². The molecule has 245 valence electrons. The highest BCUT2D eigenvalue weighted by molar-refractivity contribution is 8.00. The minimum Gasteiger partial charge on any atom is -0.458 e. The molecule has 0 saturated heterocycles. The fourth-order valence-electron chi connectivity index (χ4n) is 8.43. The molecule has 51 heavy (non-hydrogen) atoms. The van der Waals surface area contributed by atoms with E-state index in [0.717, 1.165) is 43.8 Å². The van der Waals surface area contributed by atoms with Crippen molar-refractivity contribution in [2.24, 2.45) is 0 Å². The normalized spacial score (nSPS) is 14.7. The highest BCUT2D eigenvalue weighted by atomic mass is 32.2. The van der Waals surface area contributed by atoms with Crippen molar-refractivity contribution in [3.63, 3.8) is 0 Å². The van der Waals surface area contributed by atoms with Gasteiger partial charge in [0.2, 0.25) is 0 Å². The molecule has 0 saturated carbocycles. The summed E-state index contributed by atoms with van der Waals surface area (Å²) in [6, 6.07) is 55.4. The van der Waals surface area contributed by atoms with Crippen molar-refractivity contribution in [1.29, 1.82) is 0 Å². The summed E-state index contributed by atoms with van der Waals surface area (Å²) in [7, 11) is -2.79. The summed E-state index contributed by atoms with van der Waals surface area (Å²) in [5.74, 6) is 1.11. The first-order chi connectivity index (χ1) is 24.9. The maximum atomic E-state index is 14.0. The van der Waals surface area contributed by atoms with Gasteiger partial charge >= 0.3 is 6.18 Å². The number of para-hydroxylation sites is 2. The first-order valence-electron chi connectivity index (χ1n) is 16.9. The Hall–Kier alpha value is -5.44. The molecule has 0 N–H and O–H groups in total. The van der Waals surface area contributed by atoms with Crippen LogP contribution in [0.5, 0.6) is 11.5 Å². The van der Waals surface area contributed by atoms with Crippen molar-refractivity contribution < 1.29 is 17.9 Å². The molecule has 8 heteroatoms. The second kappa shape index (κ2) is 11.3. The minimum atomic E-state index is -4.46. The summed E-state index contributed by atoms with van der Waals surface area (Å²) in [4.78, 5) is 4.35. The molecule has 0 amide bonds. The third-order valence-corrected chi connectivity index (χ3v) is 16.5. The van der Waals surface area contributed by atoms with Crippen LogP contribution in [0.4, 0.5) is 30.2 Å². The molecule has 2 nitrogen and oxygen atoms in total. The number of alkyl halides is 3. The fourth-order valence-corrected chi connectivity index (χ4v) is 14.7. The van der Waals surface area contributed by atoms with E-state index in [0.29, 0.717) is 17.0 Å². The van der Waals surface area contributed by atoms with Gasteiger partial charge in [0.25, 0.3) is 6.71 Å². The third kappa shape index (κ3) is 4.46. The summed E-state index contributed by atoms with van der Waals surface area (Å²) in [5.41, 5.74) is 4.90. The van der Waals surface area contributed by atoms with E-state index in [1.54, 1.807) is 11.8 Å². The molecule has 3 aliphatic rings. The minimum absolute atomic E-state index is 0.385. The quantitative estimate of drug-likeness (QED) is 0.185. The number of hydrogen-bond donors (Lipinski definition) is 0. The second-order valence-electron chi connectivity index (χ2n) is 13.1. The van der Waals surface area contributed by atoms with E-state index in [2.05, 4.69) is 132 Å². The molecule has 0 radical (unpaired) electrons. The monoisotopic (exact) mass is 701 g/mol. The topological polar surface area (TPSA) is 12.5 Å². The van der Waals surface area contributed by atoms with Crippen molar-refractivity contribution in [2.45, 2.75) is 16.0 Å². The van der Waals surface area contributed by atoms with Gasteiger partial charge < -0.3 is 9.64 Å². The Morgan fingerprint density at radius 1 is 0.549 bits per heavy atom. The molecule has 0 aromatic heterocycles. The van der Waals surface area contributed by atoms with Crippen molar-refractivity contribution in [1.82, 2.24) is 0 Å². The Morgan fingerprint density at radius 3 is 1.78 bits per heavy atom. The third-order valence-electron chi connectivity index (χ3n) is 10.5. The summed E-state index contributed by atoms with van der Waals surface area (Å²) in [6.45, 7) is -0.385. The van der Waals surface area contributed by atoms with E-state index in [9.17, 15) is 13.2 Å². The summed E-state index contributed by atoms with van der Waals surface area (Å²) < 4.78 is 48.6. The lowest BCUT2D eigenvalue weighted by Gasteiger charge is -2.54. The Morgan fingerprint density at radius 2 is 1.14 bits per heavy atom. The van der Waals surface area contributed by atoms with Crippen molar-refractivity contribution in [3.05, 3.63) is 169 Å². The number of fused-ring (bicyclic) bond motifs is 6. The number of benzene rings is 7. The lowest BCUT2D eigenvalue weighted by molar-refractivity contribution is -0.137. The molecule has 3 heterocycles. The van der Waals surface area contributed by atoms with Gasteiger partial charge in [0.1, 0.15) is 11.5 Å². The molecule has 10 rings (SSSR count). The van der Waals surface area contributed by atoms with Crippen molar-refractivity contribution in [2.75, 3.05) is 4.90 Å². The second-order valence-corrected chi connectivity index (χ2v) is 17.9. The van der Waals surface area contributed by atoms with Crippen LogP contribution in [0.15, 0.2) is 174 Å². The van der Waals surface area contributed by atoms with Gasteiger partial charge in [-0.1, -0.05) is 139 Å². The molecule has 0 fully saturated rings. The van der Waals surface area contributed by atoms with E-state index in [1.165, 1.54) is 32.9 Å². The van der Waals surface area contributed by atoms with Crippen LogP contribution in [0.1, 0.15) is 5.56 Å².